The van der Waals surface area contributed by atoms with E-state index in [0.29, 0.717) is 297 Å². The van der Waals surface area contributed by atoms with E-state index in [1.54, 1.807) is 6.08 Å². The molecule has 0 bridgehead atoms. The number of hydrogen-bond acceptors (Lipinski definition) is 27. The molecule has 88 heavy (non-hydrogen) atoms. The molecule has 27 heteroatoms. The molecule has 524 valence electrons. The molecule has 0 rings (SSSR count). The van der Waals surface area contributed by atoms with Gasteiger partial charge in [0.15, 0.2) is 0 Å². The zero-order valence-corrected chi connectivity index (χ0v) is 54.5. The van der Waals surface area contributed by atoms with Crippen LogP contribution in [0.25, 0.3) is 0 Å². The van der Waals surface area contributed by atoms with Gasteiger partial charge in [-0.2, -0.15) is 0 Å². The molecule has 0 saturated carbocycles. The minimum absolute atomic E-state index is 0.00512. The molecule has 0 aromatic heterocycles. The highest BCUT2D eigenvalue weighted by Crippen LogP contribution is 2.04. The van der Waals surface area contributed by atoms with Crippen LogP contribution < -0.4 is 0 Å². The lowest BCUT2D eigenvalue weighted by Gasteiger charge is -2.22. The first-order chi connectivity index (χ1) is 43.3. The average Bonchev–Trinajstić information content (AvgIpc) is 3.53. The van der Waals surface area contributed by atoms with Gasteiger partial charge in [-0.05, 0) is 34.6 Å². The number of esters is 1. The molecule has 0 aliphatic carbocycles. The molecule has 5 unspecified atom stereocenters. The van der Waals surface area contributed by atoms with Crippen LogP contribution in [0.1, 0.15) is 34.6 Å². The van der Waals surface area contributed by atoms with Gasteiger partial charge in [-0.3, -0.25) is 0 Å². The molecule has 0 amide bonds. The second-order valence-electron chi connectivity index (χ2n) is 19.1. The van der Waals surface area contributed by atoms with E-state index in [1.807, 2.05) is 34.6 Å². The van der Waals surface area contributed by atoms with Crippen LogP contribution in [0.4, 0.5) is 0 Å². The third-order valence-electron chi connectivity index (χ3n) is 11.0. The van der Waals surface area contributed by atoms with Gasteiger partial charge >= 0.3 is 5.97 Å². The number of carbonyl (C=O) groups is 1. The molecule has 0 aromatic carbocycles. The predicted molar refractivity (Wildman–Crippen MR) is 325 cm³/mol. The van der Waals surface area contributed by atoms with Crippen LogP contribution in [-0.4, -0.2) is 340 Å². The zero-order chi connectivity index (χ0) is 63.8. The lowest BCUT2D eigenvalue weighted by Crippen LogP contribution is -2.29. The third kappa shape index (κ3) is 73.0. The van der Waals surface area contributed by atoms with Gasteiger partial charge in [-0.25, -0.2) is 4.79 Å². The standard InChI is InChI=1S/C61H118O27/c1-8-10-83-57(4)52-86-59(6)54-88-60(7)55-87-58(5)53-85-56(3)51-82-48-47-80-44-43-78-40-39-76-36-35-74-32-31-72-28-27-70-24-23-68-20-19-66-16-15-64-12-11-63-13-14-65-17-18-67-21-22-69-25-26-71-29-30-73-33-34-75-37-38-77-41-42-79-45-46-81-49-50-84-61(62)9-2/h8-9,56-60H,1-2,10-55H2,3-7H3. The van der Waals surface area contributed by atoms with Crippen molar-refractivity contribution in [3.8, 4) is 0 Å². The van der Waals surface area contributed by atoms with Gasteiger partial charge in [-0.15, -0.1) is 6.58 Å². The summed E-state index contributed by atoms with van der Waals surface area (Å²) in [5.41, 5.74) is 0. The minimum Gasteiger partial charge on any atom is -0.460 e. The largest absolute Gasteiger partial charge is 0.460 e. The van der Waals surface area contributed by atoms with Crippen LogP contribution >= 0.6 is 0 Å². The Bertz CT molecular complexity index is 1380. The smallest absolute Gasteiger partial charge is 0.330 e. The average molecular weight is 1280 g/mol. The molecule has 0 spiro atoms. The lowest BCUT2D eigenvalue weighted by atomic mass is 10.3. The normalized spacial score (nSPS) is 13.5. The zero-order valence-electron chi connectivity index (χ0n) is 54.5. The Labute approximate surface area is 526 Å². The summed E-state index contributed by atoms with van der Waals surface area (Å²) < 4.78 is 144. The Morgan fingerprint density at radius 1 is 0.239 bits per heavy atom. The summed E-state index contributed by atoms with van der Waals surface area (Å²) in [7, 11) is 0. The molecule has 0 saturated heterocycles. The quantitative estimate of drug-likeness (QED) is 0.0366. The van der Waals surface area contributed by atoms with Crippen molar-refractivity contribution in [1.82, 2.24) is 0 Å². The summed E-state index contributed by atoms with van der Waals surface area (Å²) >= 11 is 0. The van der Waals surface area contributed by atoms with E-state index < -0.39 is 5.97 Å². The van der Waals surface area contributed by atoms with Gasteiger partial charge < -0.3 is 123 Å². The molecular formula is C61H118O27. The Morgan fingerprint density at radius 3 is 0.580 bits per heavy atom. The van der Waals surface area contributed by atoms with Crippen molar-refractivity contribution in [3.63, 3.8) is 0 Å². The highest BCUT2D eigenvalue weighted by atomic mass is 16.6. The number of rotatable bonds is 78. The highest BCUT2D eigenvalue weighted by Gasteiger charge is 2.13. The molecule has 0 aliphatic heterocycles. The van der Waals surface area contributed by atoms with E-state index in [9.17, 15) is 4.79 Å². The second-order valence-corrected chi connectivity index (χ2v) is 19.1. The van der Waals surface area contributed by atoms with Crippen LogP contribution in [0, 0.1) is 0 Å². The van der Waals surface area contributed by atoms with E-state index in [4.69, 9.17) is 123 Å². The summed E-state index contributed by atoms with van der Waals surface area (Å²) in [5.74, 6) is -0.466. The van der Waals surface area contributed by atoms with Crippen molar-refractivity contribution in [2.45, 2.75) is 65.1 Å². The first-order valence-electron chi connectivity index (χ1n) is 31.3. The molecule has 0 aromatic rings. The topological polar surface area (TPSA) is 257 Å². The molecule has 0 fully saturated rings. The molecule has 0 heterocycles. The fourth-order valence-corrected chi connectivity index (χ4v) is 6.36. The summed E-state index contributed by atoms with van der Waals surface area (Å²) in [6, 6.07) is 0. The summed E-state index contributed by atoms with van der Waals surface area (Å²) in [6.07, 6.45) is 2.59. The van der Waals surface area contributed by atoms with Crippen molar-refractivity contribution in [2.75, 3.05) is 304 Å². The van der Waals surface area contributed by atoms with Crippen LogP contribution in [0.15, 0.2) is 25.3 Å². The Morgan fingerprint density at radius 2 is 0.398 bits per heavy atom. The second kappa shape index (κ2) is 74.0. The van der Waals surface area contributed by atoms with Gasteiger partial charge in [0.25, 0.3) is 0 Å². The van der Waals surface area contributed by atoms with Gasteiger partial charge in [-0.1, -0.05) is 12.7 Å². The Hall–Kier alpha value is -2.05. The highest BCUT2D eigenvalue weighted by molar-refractivity contribution is 5.81. The third-order valence-corrected chi connectivity index (χ3v) is 11.0. The molecule has 27 nitrogen and oxygen atoms in total. The summed E-state index contributed by atoms with van der Waals surface area (Å²) in [4.78, 5) is 10.9. The van der Waals surface area contributed by atoms with Crippen LogP contribution in [0.2, 0.25) is 0 Å². The van der Waals surface area contributed by atoms with Crippen molar-refractivity contribution in [1.29, 1.82) is 0 Å². The van der Waals surface area contributed by atoms with Gasteiger partial charge in [0.2, 0.25) is 0 Å². The first kappa shape index (κ1) is 85.9. The molecule has 5 atom stereocenters. The van der Waals surface area contributed by atoms with E-state index >= 15 is 0 Å². The summed E-state index contributed by atoms with van der Waals surface area (Å²) in [5, 5.41) is 0. The maximum absolute atomic E-state index is 10.9. The maximum Gasteiger partial charge on any atom is 0.330 e. The fourth-order valence-electron chi connectivity index (χ4n) is 6.36. The number of carbonyl (C=O) groups excluding carboxylic acids is 1. The van der Waals surface area contributed by atoms with Crippen LogP contribution in [0.5, 0.6) is 0 Å². The SMILES string of the molecule is C=CCOC(C)COC(C)COC(C)COC(C)COC(C)COCCOCCOCCOCCOCCOCCOCCOCCOCCOCCOCCOCCOCCOCCOCCOCCOCCOCCOCCOCCOC(=O)C=C. The van der Waals surface area contributed by atoms with Crippen molar-refractivity contribution in [2.24, 2.45) is 0 Å². The van der Waals surface area contributed by atoms with E-state index in [-0.39, 0.29) is 37.1 Å². The monoisotopic (exact) mass is 1280 g/mol. The number of hydrogen-bond donors (Lipinski definition) is 0. The molecule has 0 aliphatic rings. The van der Waals surface area contributed by atoms with Gasteiger partial charge in [0.1, 0.15) is 6.61 Å². The molecule has 0 radical (unpaired) electrons. The van der Waals surface area contributed by atoms with E-state index in [1.165, 1.54) is 0 Å². The van der Waals surface area contributed by atoms with Crippen LogP contribution in [-0.2, 0) is 128 Å². The minimum atomic E-state index is -0.466. The lowest BCUT2D eigenvalue weighted by molar-refractivity contribution is -0.139. The number of ether oxygens (including phenoxy) is 26. The van der Waals surface area contributed by atoms with E-state index in [0.717, 1.165) is 6.08 Å². The molecule has 0 N–H and O–H groups in total. The van der Waals surface area contributed by atoms with E-state index in [2.05, 4.69) is 13.2 Å². The van der Waals surface area contributed by atoms with Crippen molar-refractivity contribution < 1.29 is 128 Å². The molecular weight excluding hydrogens is 1160 g/mol. The predicted octanol–water partition coefficient (Wildman–Crippen LogP) is 3.26. The van der Waals surface area contributed by atoms with Gasteiger partial charge in [0, 0.05) is 6.08 Å². The maximum atomic E-state index is 10.9. The Balaban J connectivity index is 3.20. The van der Waals surface area contributed by atoms with Crippen molar-refractivity contribution >= 4 is 5.97 Å². The van der Waals surface area contributed by atoms with Crippen molar-refractivity contribution in [3.05, 3.63) is 25.3 Å². The fraction of sp³-hybridized carbons (Fsp3) is 0.918. The van der Waals surface area contributed by atoms with Crippen LogP contribution in [0.3, 0.4) is 0 Å². The van der Waals surface area contributed by atoms with Gasteiger partial charge in [0.05, 0.1) is 328 Å². The first-order valence-corrected chi connectivity index (χ1v) is 31.3. The Kier molecular flexibility index (Phi) is 72.3. The summed E-state index contributed by atoms with van der Waals surface area (Å²) in [6.45, 7) is 38.3.